The summed E-state index contributed by atoms with van der Waals surface area (Å²) in [6.07, 6.45) is 0.989. The van der Waals surface area contributed by atoms with Crippen LogP contribution >= 0.6 is 0 Å². The Morgan fingerprint density at radius 2 is 0.475 bits per heavy atom. The second-order valence-corrected chi connectivity index (χ2v) is 33.3. The van der Waals surface area contributed by atoms with Crippen LogP contribution in [0.1, 0.15) is 11.1 Å². The summed E-state index contributed by atoms with van der Waals surface area (Å²) in [4.78, 5) is 0. The summed E-state index contributed by atoms with van der Waals surface area (Å²) in [6, 6.07) is 141. The molecule has 0 saturated carbocycles. The van der Waals surface area contributed by atoms with Crippen LogP contribution in [-0.4, -0.2) is 13.2 Å². The summed E-state index contributed by atoms with van der Waals surface area (Å²) in [5.74, 6) is 0. The third-order valence-electron chi connectivity index (χ3n) is 27.0. The largest absolute Gasteiger partial charge is 0.456 e. The molecule has 8 heterocycles. The fourth-order valence-electron chi connectivity index (χ4n) is 21.6. The van der Waals surface area contributed by atoms with Crippen LogP contribution < -0.4 is 0 Å². The minimum Gasteiger partial charge on any atom is -0.456 e. The normalized spacial score (nSPS) is 12.6. The fourth-order valence-corrected chi connectivity index (χ4v) is 21.6. The molecule has 0 saturated heterocycles. The number of fused-ring (bicyclic) bond motifs is 33. The van der Waals surface area contributed by atoms with Gasteiger partial charge >= 0.3 is 0 Å². The molecule has 30 rings (SSSR count). The molecule has 0 bridgehead atoms. The zero-order chi connectivity index (χ0) is 77.8. The summed E-state index contributed by atoms with van der Waals surface area (Å²) in [5, 5.41) is 35.6. The quantitative estimate of drug-likeness (QED) is 0.177. The van der Waals surface area contributed by atoms with E-state index in [2.05, 4.69) is 377 Å². The standard InChI is InChI=1S/C39H23N.2C38H21NO/c1-3-10-25-21-37-33(16-23(25)8-1)35-19-28(30-14-7-15-31-29-13-6-5-12-27(29)18-32(30)31)20-36-34-17-24-9-2-4-11-26(24)22-38(34)40(37)39(35)36;1-3-10-24-20-33-29(16-22(24)8-1)31-18-26(27-13-7-15-36-37(27)28-12-5-6-14-35(28)40-36)19-32-30-17-23-9-2-4-11-25(23)21-34(30)39(33)38(31)32;1-3-9-24-19-34-30(15-22(24)7-1)32-17-27(26-13-14-29-28-11-5-6-12-36(28)40-37(29)21-26)18-33-31-16-23-8-2-4-10-25(23)20-35(31)39(34)38(32)33/h1-17,19-22H,18H2;2*1-21H. The van der Waals surface area contributed by atoms with E-state index < -0.39 is 0 Å². The molecule has 0 unspecified atom stereocenters. The first-order valence-electron chi connectivity index (χ1n) is 41.6. The van der Waals surface area contributed by atoms with Crippen LogP contribution in [0.25, 0.3) is 267 Å². The highest BCUT2D eigenvalue weighted by atomic mass is 16.3. The maximum Gasteiger partial charge on any atom is 0.136 e. The van der Waals surface area contributed by atoms with Gasteiger partial charge in [-0.3, -0.25) is 0 Å². The molecule has 0 N–H and O–H groups in total. The first-order chi connectivity index (χ1) is 59.4. The topological polar surface area (TPSA) is 39.5 Å². The van der Waals surface area contributed by atoms with Crippen molar-refractivity contribution in [1.82, 2.24) is 13.2 Å². The minimum atomic E-state index is 0.926. The molecule has 552 valence electrons. The van der Waals surface area contributed by atoms with E-state index in [-0.39, 0.29) is 0 Å². The zero-order valence-electron chi connectivity index (χ0n) is 64.7. The SMILES string of the molecule is c1ccc2c(c1)Cc1c(-c3cc4c5cc6ccccc6cc5n5c6cc7ccccc7cc6c(c3)c45)cccc1-2.c1ccc2cc3c(cc2c1)c1cc(-c2ccc4c(c2)oc2ccccc24)cc2c4cc5ccccc5cc4n3c12.c1ccc2cc3c(cc2c1)c1cc(-c2cccc4oc5ccccc5c24)cc2c4cc5ccccc5cc4n3c12. The van der Waals surface area contributed by atoms with Gasteiger partial charge in [0.1, 0.15) is 22.3 Å². The van der Waals surface area contributed by atoms with Gasteiger partial charge in [0.25, 0.3) is 0 Å². The van der Waals surface area contributed by atoms with E-state index in [1.54, 1.807) is 0 Å². The van der Waals surface area contributed by atoms with E-state index in [4.69, 9.17) is 8.83 Å². The van der Waals surface area contributed by atoms with Crippen molar-refractivity contribution >= 4 is 223 Å². The lowest BCUT2D eigenvalue weighted by Crippen LogP contribution is -1.88. The highest BCUT2D eigenvalue weighted by molar-refractivity contribution is 6.31. The number of hydrogen-bond donors (Lipinski definition) is 0. The molecular formula is C115H65N3O2. The second kappa shape index (κ2) is 23.9. The molecule has 0 aliphatic heterocycles. The van der Waals surface area contributed by atoms with Crippen molar-refractivity contribution in [3.8, 4) is 44.5 Å². The van der Waals surface area contributed by atoms with Gasteiger partial charge in [0, 0.05) is 86.2 Å². The summed E-state index contributed by atoms with van der Waals surface area (Å²) >= 11 is 0. The Hall–Kier alpha value is -15.8. The van der Waals surface area contributed by atoms with Crippen LogP contribution in [0, 0.1) is 0 Å². The minimum absolute atomic E-state index is 0.926. The molecule has 120 heavy (non-hydrogen) atoms. The van der Waals surface area contributed by atoms with Crippen LogP contribution in [0.5, 0.6) is 0 Å². The van der Waals surface area contributed by atoms with Crippen molar-refractivity contribution in [2.75, 3.05) is 0 Å². The molecule has 21 aromatic carbocycles. The van der Waals surface area contributed by atoms with Crippen LogP contribution in [0.15, 0.2) is 391 Å². The Labute approximate surface area is 684 Å². The Morgan fingerprint density at radius 1 is 0.175 bits per heavy atom. The lowest BCUT2D eigenvalue weighted by molar-refractivity contribution is 0.668. The lowest BCUT2D eigenvalue weighted by atomic mass is 9.93. The van der Waals surface area contributed by atoms with Crippen molar-refractivity contribution in [2.24, 2.45) is 0 Å². The molecule has 8 aromatic heterocycles. The summed E-state index contributed by atoms with van der Waals surface area (Å²) < 4.78 is 20.0. The van der Waals surface area contributed by atoms with Crippen LogP contribution in [-0.2, 0) is 6.42 Å². The number of rotatable bonds is 3. The average Bonchev–Trinajstić information content (AvgIpc) is 1.54. The van der Waals surface area contributed by atoms with Gasteiger partial charge in [-0.05, 0) is 266 Å². The van der Waals surface area contributed by atoms with Gasteiger partial charge in [0.2, 0.25) is 0 Å². The lowest BCUT2D eigenvalue weighted by Gasteiger charge is -2.10. The van der Waals surface area contributed by atoms with E-state index >= 15 is 0 Å². The van der Waals surface area contributed by atoms with Crippen molar-refractivity contribution in [3.63, 3.8) is 0 Å². The molecule has 0 amide bonds. The van der Waals surface area contributed by atoms with Crippen LogP contribution in [0.2, 0.25) is 0 Å². The Morgan fingerprint density at radius 3 is 0.908 bits per heavy atom. The Balaban J connectivity index is 0.0000000931. The zero-order valence-corrected chi connectivity index (χ0v) is 64.7. The molecule has 1 aliphatic rings. The number of aromatic nitrogens is 3. The molecule has 0 radical (unpaired) electrons. The number of nitrogens with zero attached hydrogens (tertiary/aromatic N) is 3. The average molecular weight is 1520 g/mol. The predicted molar refractivity (Wildman–Crippen MR) is 507 cm³/mol. The van der Waals surface area contributed by atoms with E-state index in [1.165, 1.54) is 240 Å². The first-order valence-corrected chi connectivity index (χ1v) is 41.6. The van der Waals surface area contributed by atoms with Crippen LogP contribution in [0.4, 0.5) is 0 Å². The number of para-hydroxylation sites is 2. The molecule has 29 aromatic rings. The molecule has 5 nitrogen and oxygen atoms in total. The number of benzene rings is 21. The van der Waals surface area contributed by atoms with Crippen molar-refractivity contribution in [1.29, 1.82) is 0 Å². The van der Waals surface area contributed by atoms with Gasteiger partial charge in [-0.2, -0.15) is 0 Å². The highest BCUT2D eigenvalue weighted by Gasteiger charge is 2.28. The fraction of sp³-hybridized carbons (Fsp3) is 0.00870. The molecule has 0 fully saturated rings. The first kappa shape index (κ1) is 64.5. The van der Waals surface area contributed by atoms with Crippen molar-refractivity contribution in [2.45, 2.75) is 6.42 Å². The third kappa shape index (κ3) is 9.04. The smallest absolute Gasteiger partial charge is 0.136 e. The predicted octanol–water partition coefficient (Wildman–Crippen LogP) is 31.8. The van der Waals surface area contributed by atoms with Gasteiger partial charge in [0.15, 0.2) is 0 Å². The van der Waals surface area contributed by atoms with Gasteiger partial charge in [-0.25, -0.2) is 0 Å². The maximum atomic E-state index is 6.27. The van der Waals surface area contributed by atoms with E-state index in [1.807, 2.05) is 18.2 Å². The highest BCUT2D eigenvalue weighted by Crippen LogP contribution is 2.51. The monoisotopic (exact) mass is 1520 g/mol. The van der Waals surface area contributed by atoms with E-state index in [9.17, 15) is 0 Å². The Kier molecular flexibility index (Phi) is 12.9. The summed E-state index contributed by atoms with van der Waals surface area (Å²) in [5.41, 5.74) is 28.3. The van der Waals surface area contributed by atoms with Gasteiger partial charge < -0.3 is 22.0 Å². The number of hydrogen-bond acceptors (Lipinski definition) is 2. The molecule has 5 heteroatoms. The summed E-state index contributed by atoms with van der Waals surface area (Å²) in [7, 11) is 0. The van der Waals surface area contributed by atoms with E-state index in [0.29, 0.717) is 0 Å². The van der Waals surface area contributed by atoms with Gasteiger partial charge in [-0.1, -0.05) is 243 Å². The van der Waals surface area contributed by atoms with Gasteiger partial charge in [0.05, 0.1) is 49.7 Å². The third-order valence-corrected chi connectivity index (χ3v) is 27.0. The number of furan rings is 2. The van der Waals surface area contributed by atoms with Gasteiger partial charge in [-0.15, -0.1) is 0 Å². The van der Waals surface area contributed by atoms with Crippen molar-refractivity contribution in [3.05, 3.63) is 393 Å². The molecule has 1 aliphatic carbocycles. The molecular weight excluding hydrogens is 1460 g/mol. The second-order valence-electron chi connectivity index (χ2n) is 33.3. The molecule has 0 spiro atoms. The van der Waals surface area contributed by atoms with Crippen molar-refractivity contribution < 1.29 is 8.83 Å². The molecule has 0 atom stereocenters. The Bertz CT molecular complexity index is 9180. The van der Waals surface area contributed by atoms with E-state index in [0.717, 1.165) is 44.9 Å². The maximum absolute atomic E-state index is 6.27. The summed E-state index contributed by atoms with van der Waals surface area (Å²) in [6.45, 7) is 0. The van der Waals surface area contributed by atoms with Crippen LogP contribution in [0.3, 0.4) is 0 Å².